The fraction of sp³-hybridized carbons (Fsp3) is 0.600. The summed E-state index contributed by atoms with van der Waals surface area (Å²) < 4.78 is 23.0. The minimum absolute atomic E-state index is 0.286. The summed E-state index contributed by atoms with van der Waals surface area (Å²) in [5, 5.41) is 3.43. The summed E-state index contributed by atoms with van der Waals surface area (Å²) in [6.45, 7) is 4.31. The molecule has 0 radical (unpaired) electrons. The first kappa shape index (κ1) is 15.5. The number of hydrogen-bond acceptors (Lipinski definition) is 4. The zero-order valence-electron chi connectivity index (χ0n) is 12.5. The van der Waals surface area contributed by atoms with Gasteiger partial charge in [-0.25, -0.2) is 8.42 Å². The molecule has 0 aliphatic carbocycles. The van der Waals surface area contributed by atoms with Crippen molar-refractivity contribution >= 4 is 9.84 Å². The zero-order chi connectivity index (χ0) is 14.8. The molecule has 2 atom stereocenters. The number of sulfone groups is 1. The molecule has 0 bridgehead atoms. The maximum Gasteiger partial charge on any atom is 0.175 e. The van der Waals surface area contributed by atoms with Crippen molar-refractivity contribution in [2.45, 2.75) is 36.7 Å². The Kier molecular flexibility index (Phi) is 4.83. The predicted octanol–water partition coefficient (Wildman–Crippen LogP) is 1.83. The molecule has 1 heterocycles. The van der Waals surface area contributed by atoms with Crippen LogP contribution in [0.2, 0.25) is 0 Å². The Morgan fingerprint density at radius 3 is 2.45 bits per heavy atom. The molecule has 1 aromatic carbocycles. The van der Waals surface area contributed by atoms with E-state index in [0.717, 1.165) is 18.7 Å². The van der Waals surface area contributed by atoms with Crippen molar-refractivity contribution in [1.82, 2.24) is 10.2 Å². The minimum Gasteiger partial charge on any atom is -0.315 e. The van der Waals surface area contributed by atoms with Gasteiger partial charge in [0.25, 0.3) is 0 Å². The number of likely N-dealkylation sites (N-methyl/N-ethyl adjacent to an activating group) is 1. The van der Waals surface area contributed by atoms with Gasteiger partial charge in [-0.15, -0.1) is 0 Å². The van der Waals surface area contributed by atoms with E-state index in [1.54, 1.807) is 12.1 Å². The van der Waals surface area contributed by atoms with Crippen LogP contribution in [0.15, 0.2) is 29.2 Å². The van der Waals surface area contributed by atoms with Gasteiger partial charge in [-0.2, -0.15) is 0 Å². The molecule has 0 spiro atoms. The lowest BCUT2D eigenvalue weighted by Gasteiger charge is -2.36. The quantitative estimate of drug-likeness (QED) is 0.921. The third kappa shape index (κ3) is 3.59. The van der Waals surface area contributed by atoms with Crippen LogP contribution in [0.4, 0.5) is 0 Å². The van der Waals surface area contributed by atoms with E-state index in [1.807, 2.05) is 12.1 Å². The summed E-state index contributed by atoms with van der Waals surface area (Å²) in [5.74, 6) is 0. The van der Waals surface area contributed by atoms with E-state index < -0.39 is 9.84 Å². The molecule has 0 aromatic heterocycles. The lowest BCUT2D eigenvalue weighted by Crippen LogP contribution is -2.45. The fourth-order valence-electron chi connectivity index (χ4n) is 2.73. The lowest BCUT2D eigenvalue weighted by atomic mass is 10.0. The molecule has 5 heteroatoms. The van der Waals surface area contributed by atoms with Crippen LogP contribution in [-0.2, 0) is 9.84 Å². The van der Waals surface area contributed by atoms with E-state index in [4.69, 9.17) is 0 Å². The van der Waals surface area contributed by atoms with Gasteiger partial charge in [-0.1, -0.05) is 12.1 Å². The molecule has 1 fully saturated rings. The Morgan fingerprint density at radius 2 is 1.95 bits per heavy atom. The van der Waals surface area contributed by atoms with Crippen molar-refractivity contribution in [3.63, 3.8) is 0 Å². The van der Waals surface area contributed by atoms with Crippen molar-refractivity contribution in [3.8, 4) is 0 Å². The second kappa shape index (κ2) is 6.24. The predicted molar refractivity (Wildman–Crippen MR) is 81.6 cm³/mol. The molecule has 20 heavy (non-hydrogen) atoms. The number of nitrogens with zero attached hydrogens (tertiary/aromatic N) is 1. The molecular weight excluding hydrogens is 272 g/mol. The second-order valence-corrected chi connectivity index (χ2v) is 7.70. The molecule has 1 N–H and O–H groups in total. The van der Waals surface area contributed by atoms with Crippen LogP contribution in [0.1, 0.15) is 31.4 Å². The van der Waals surface area contributed by atoms with Crippen LogP contribution in [0.5, 0.6) is 0 Å². The van der Waals surface area contributed by atoms with Crippen molar-refractivity contribution in [3.05, 3.63) is 29.8 Å². The van der Waals surface area contributed by atoms with Gasteiger partial charge in [0.05, 0.1) is 4.90 Å². The first-order chi connectivity index (χ1) is 9.39. The van der Waals surface area contributed by atoms with E-state index in [0.29, 0.717) is 10.9 Å². The van der Waals surface area contributed by atoms with Gasteiger partial charge in [-0.05, 0) is 51.1 Å². The van der Waals surface area contributed by atoms with E-state index in [2.05, 4.69) is 24.2 Å². The van der Waals surface area contributed by atoms with Gasteiger partial charge in [0, 0.05) is 24.9 Å². The van der Waals surface area contributed by atoms with Gasteiger partial charge < -0.3 is 5.32 Å². The molecule has 1 aliphatic heterocycles. The molecule has 112 valence electrons. The summed E-state index contributed by atoms with van der Waals surface area (Å²) in [6, 6.07) is 8.09. The van der Waals surface area contributed by atoms with Crippen LogP contribution in [0.3, 0.4) is 0 Å². The van der Waals surface area contributed by atoms with Gasteiger partial charge in [0.2, 0.25) is 0 Å². The molecule has 2 rings (SSSR count). The number of nitrogens with one attached hydrogen (secondary N) is 1. The van der Waals surface area contributed by atoms with Crippen LogP contribution < -0.4 is 5.32 Å². The Balaban J connectivity index is 2.10. The Bertz CT molecular complexity index is 533. The van der Waals surface area contributed by atoms with Crippen LogP contribution in [-0.4, -0.2) is 45.8 Å². The largest absolute Gasteiger partial charge is 0.315 e. The number of benzene rings is 1. The van der Waals surface area contributed by atoms with Crippen LogP contribution in [0.25, 0.3) is 0 Å². The van der Waals surface area contributed by atoms with Crippen LogP contribution >= 0.6 is 0 Å². The zero-order valence-corrected chi connectivity index (χ0v) is 13.3. The maximum atomic E-state index is 11.5. The highest BCUT2D eigenvalue weighted by atomic mass is 32.2. The van der Waals surface area contributed by atoms with E-state index in [-0.39, 0.29) is 6.04 Å². The first-order valence-electron chi connectivity index (χ1n) is 7.12. The van der Waals surface area contributed by atoms with Crippen molar-refractivity contribution in [2.24, 2.45) is 0 Å². The monoisotopic (exact) mass is 296 g/mol. The highest BCUT2D eigenvalue weighted by Gasteiger charge is 2.22. The lowest BCUT2D eigenvalue weighted by molar-refractivity contribution is 0.156. The van der Waals surface area contributed by atoms with Gasteiger partial charge in [0.1, 0.15) is 0 Å². The molecule has 0 saturated carbocycles. The Labute approximate surface area is 122 Å². The molecule has 1 saturated heterocycles. The average molecular weight is 296 g/mol. The molecule has 2 unspecified atom stereocenters. The first-order valence-corrected chi connectivity index (χ1v) is 9.01. The van der Waals surface area contributed by atoms with Crippen molar-refractivity contribution in [2.75, 3.05) is 26.4 Å². The van der Waals surface area contributed by atoms with Gasteiger partial charge >= 0.3 is 0 Å². The minimum atomic E-state index is -3.11. The molecule has 1 aliphatic rings. The third-order valence-corrected chi connectivity index (χ3v) is 5.38. The summed E-state index contributed by atoms with van der Waals surface area (Å²) >= 11 is 0. The summed E-state index contributed by atoms with van der Waals surface area (Å²) in [5.41, 5.74) is 1.16. The average Bonchev–Trinajstić information content (AvgIpc) is 2.46. The summed E-state index contributed by atoms with van der Waals surface area (Å²) in [6.07, 6.45) is 3.68. The second-order valence-electron chi connectivity index (χ2n) is 5.68. The summed E-state index contributed by atoms with van der Waals surface area (Å²) in [7, 11) is -0.964. The topological polar surface area (TPSA) is 49.4 Å². The Morgan fingerprint density at radius 1 is 1.30 bits per heavy atom. The standard InChI is InChI=1S/C15H24N2O2S/c1-12(17(2)14-5-4-10-16-11-14)13-6-8-15(9-7-13)20(3,18)19/h6-9,12,14,16H,4-5,10-11H2,1-3H3. The van der Waals surface area contributed by atoms with E-state index in [9.17, 15) is 8.42 Å². The summed E-state index contributed by atoms with van der Waals surface area (Å²) in [4.78, 5) is 2.76. The molecule has 1 aromatic rings. The smallest absolute Gasteiger partial charge is 0.175 e. The fourth-order valence-corrected chi connectivity index (χ4v) is 3.36. The maximum absolute atomic E-state index is 11.5. The highest BCUT2D eigenvalue weighted by Crippen LogP contribution is 2.24. The molecule has 4 nitrogen and oxygen atoms in total. The van der Waals surface area contributed by atoms with Crippen molar-refractivity contribution < 1.29 is 8.42 Å². The van der Waals surface area contributed by atoms with E-state index in [1.165, 1.54) is 19.1 Å². The third-order valence-electron chi connectivity index (χ3n) is 4.25. The number of rotatable bonds is 4. The van der Waals surface area contributed by atoms with Gasteiger partial charge in [-0.3, -0.25) is 4.90 Å². The Hall–Kier alpha value is -0.910. The van der Waals surface area contributed by atoms with Crippen molar-refractivity contribution in [1.29, 1.82) is 0 Å². The molecular formula is C15H24N2O2S. The molecule has 0 amide bonds. The van der Waals surface area contributed by atoms with E-state index >= 15 is 0 Å². The van der Waals surface area contributed by atoms with Gasteiger partial charge in [0.15, 0.2) is 9.84 Å². The normalized spacial score (nSPS) is 21.9. The highest BCUT2D eigenvalue weighted by molar-refractivity contribution is 7.90. The van der Waals surface area contributed by atoms with Crippen LogP contribution in [0, 0.1) is 0 Å². The number of hydrogen-bond donors (Lipinski definition) is 1. The number of piperidine rings is 1. The SMILES string of the molecule is CC(c1ccc(S(C)(=O)=O)cc1)N(C)C1CCCNC1.